The smallest absolute Gasteiger partial charge is 0.119 e. The largest absolute Gasteiger partial charge is 0.497 e. The molecule has 0 amide bonds. The Hall–Kier alpha value is -1.06. The Balaban J connectivity index is 1.92. The van der Waals surface area contributed by atoms with E-state index >= 15 is 0 Å². The first-order valence-corrected chi connectivity index (χ1v) is 8.24. The fourth-order valence-corrected chi connectivity index (χ4v) is 5.37. The summed E-state index contributed by atoms with van der Waals surface area (Å²) in [6.45, 7) is 1.09. The van der Waals surface area contributed by atoms with Crippen LogP contribution in [0, 0.1) is 5.92 Å². The number of likely N-dealkylation sites (tertiary alicyclic amines) is 1. The maximum absolute atomic E-state index is 11.0. The Labute approximate surface area is 126 Å². The molecule has 1 aromatic rings. The van der Waals surface area contributed by atoms with Crippen LogP contribution in [0.25, 0.3) is 0 Å². The summed E-state index contributed by atoms with van der Waals surface area (Å²) in [4.78, 5) is 2.39. The minimum absolute atomic E-state index is 0.276. The van der Waals surface area contributed by atoms with Gasteiger partial charge in [-0.25, -0.2) is 0 Å². The number of piperidine rings is 1. The Morgan fingerprint density at radius 2 is 2.14 bits per heavy atom. The molecular formula is C18H25NO2. The molecule has 2 bridgehead atoms. The van der Waals surface area contributed by atoms with Crippen molar-refractivity contribution in [1.29, 1.82) is 0 Å². The molecule has 1 saturated heterocycles. The van der Waals surface area contributed by atoms with Gasteiger partial charge in [0, 0.05) is 11.5 Å². The highest BCUT2D eigenvalue weighted by atomic mass is 16.5. The normalized spacial score (nSPS) is 38.5. The summed E-state index contributed by atoms with van der Waals surface area (Å²) < 4.78 is 5.46. The van der Waals surface area contributed by atoms with Gasteiger partial charge in [0.15, 0.2) is 0 Å². The Bertz CT molecular complexity index is 558. The zero-order chi connectivity index (χ0) is 14.6. The third kappa shape index (κ3) is 1.74. The summed E-state index contributed by atoms with van der Waals surface area (Å²) in [6, 6.07) is 6.59. The molecule has 4 rings (SSSR count). The Kier molecular flexibility index (Phi) is 3.05. The topological polar surface area (TPSA) is 32.7 Å². The number of hydrogen-bond acceptors (Lipinski definition) is 3. The zero-order valence-corrected chi connectivity index (χ0v) is 13.0. The van der Waals surface area contributed by atoms with Crippen LogP contribution < -0.4 is 4.74 Å². The molecule has 1 aromatic carbocycles. The monoisotopic (exact) mass is 287 g/mol. The van der Waals surface area contributed by atoms with Crippen molar-refractivity contribution in [2.45, 2.75) is 49.7 Å². The molecule has 3 heteroatoms. The van der Waals surface area contributed by atoms with Crippen molar-refractivity contribution in [3.05, 3.63) is 29.3 Å². The first kappa shape index (κ1) is 13.6. The van der Waals surface area contributed by atoms with Crippen molar-refractivity contribution < 1.29 is 9.84 Å². The third-order valence-electron chi connectivity index (χ3n) is 6.37. The van der Waals surface area contributed by atoms with Crippen LogP contribution in [0.1, 0.15) is 49.3 Å². The second-order valence-electron chi connectivity index (χ2n) is 7.13. The standard InChI is InChI=1S/C18H25NO2/c1-19-10-9-18-8-4-3-5-14(18)16(19)17(20)13-7-6-12(21-2)11-15(13)18/h6-7,11,14,16-17,20H,3-5,8-10H2,1-2H3/t14-,16-,17?,18-/m0/s1. The number of aliphatic hydroxyl groups is 1. The van der Waals surface area contributed by atoms with Gasteiger partial charge in [-0.15, -0.1) is 0 Å². The molecule has 1 saturated carbocycles. The zero-order valence-electron chi connectivity index (χ0n) is 13.0. The fourth-order valence-electron chi connectivity index (χ4n) is 5.37. The lowest BCUT2D eigenvalue weighted by Crippen LogP contribution is -2.61. The molecule has 2 fully saturated rings. The molecule has 4 atom stereocenters. The molecule has 21 heavy (non-hydrogen) atoms. The Morgan fingerprint density at radius 3 is 2.95 bits per heavy atom. The van der Waals surface area contributed by atoms with E-state index in [0.717, 1.165) is 17.9 Å². The molecule has 1 unspecified atom stereocenters. The first-order valence-electron chi connectivity index (χ1n) is 8.24. The van der Waals surface area contributed by atoms with E-state index in [1.54, 1.807) is 7.11 Å². The van der Waals surface area contributed by atoms with Gasteiger partial charge in [-0.2, -0.15) is 0 Å². The van der Waals surface area contributed by atoms with Crippen LogP contribution in [0.3, 0.4) is 0 Å². The summed E-state index contributed by atoms with van der Waals surface area (Å²) in [5, 5.41) is 11.0. The second kappa shape index (κ2) is 4.72. The molecule has 1 aliphatic heterocycles. The van der Waals surface area contributed by atoms with E-state index in [1.807, 2.05) is 6.07 Å². The van der Waals surface area contributed by atoms with Crippen LogP contribution in [-0.4, -0.2) is 36.8 Å². The fraction of sp³-hybridized carbons (Fsp3) is 0.667. The molecule has 0 spiro atoms. The van der Waals surface area contributed by atoms with Crippen molar-refractivity contribution in [1.82, 2.24) is 4.90 Å². The lowest BCUT2D eigenvalue weighted by Gasteiger charge is -2.59. The summed E-state index contributed by atoms with van der Waals surface area (Å²) in [5.74, 6) is 1.52. The van der Waals surface area contributed by atoms with E-state index in [2.05, 4.69) is 24.1 Å². The quantitative estimate of drug-likeness (QED) is 0.862. The van der Waals surface area contributed by atoms with E-state index in [9.17, 15) is 5.11 Å². The van der Waals surface area contributed by atoms with E-state index in [1.165, 1.54) is 37.7 Å². The highest BCUT2D eigenvalue weighted by molar-refractivity contribution is 5.47. The minimum atomic E-state index is -0.354. The number of likely N-dealkylation sites (N-methyl/N-ethyl adjacent to an activating group) is 1. The summed E-state index contributed by atoms with van der Waals surface area (Å²) >= 11 is 0. The van der Waals surface area contributed by atoms with Crippen molar-refractivity contribution in [2.75, 3.05) is 20.7 Å². The SMILES string of the molecule is COc1ccc2c(c1)[C@]13CCCC[C@H]1[C@@H](C2O)N(C)CC3. The molecule has 3 aliphatic rings. The van der Waals surface area contributed by atoms with Gasteiger partial charge in [0.25, 0.3) is 0 Å². The molecule has 0 aromatic heterocycles. The van der Waals surface area contributed by atoms with Crippen LogP contribution in [0.4, 0.5) is 0 Å². The highest BCUT2D eigenvalue weighted by Gasteiger charge is 2.56. The molecule has 0 radical (unpaired) electrons. The summed E-state index contributed by atoms with van der Waals surface area (Å²) in [5.41, 5.74) is 2.80. The van der Waals surface area contributed by atoms with Gasteiger partial charge in [-0.3, -0.25) is 0 Å². The average molecular weight is 287 g/mol. The van der Waals surface area contributed by atoms with Gasteiger partial charge in [0.1, 0.15) is 5.75 Å². The number of hydrogen-bond donors (Lipinski definition) is 1. The van der Waals surface area contributed by atoms with Crippen molar-refractivity contribution in [3.8, 4) is 5.75 Å². The number of rotatable bonds is 1. The Morgan fingerprint density at radius 1 is 1.29 bits per heavy atom. The molecule has 1 N–H and O–H groups in total. The first-order chi connectivity index (χ1) is 10.2. The van der Waals surface area contributed by atoms with Crippen LogP contribution in [0.15, 0.2) is 18.2 Å². The molecule has 3 nitrogen and oxygen atoms in total. The average Bonchev–Trinajstić information content (AvgIpc) is 2.53. The van der Waals surface area contributed by atoms with Gasteiger partial charge >= 0.3 is 0 Å². The van der Waals surface area contributed by atoms with Crippen molar-refractivity contribution in [3.63, 3.8) is 0 Å². The molecule has 1 heterocycles. The minimum Gasteiger partial charge on any atom is -0.497 e. The number of ether oxygens (including phenoxy) is 1. The third-order valence-corrected chi connectivity index (χ3v) is 6.37. The van der Waals surface area contributed by atoms with Crippen LogP contribution in [0.2, 0.25) is 0 Å². The molecule has 2 aliphatic carbocycles. The highest BCUT2D eigenvalue weighted by Crippen LogP contribution is 2.58. The predicted molar refractivity (Wildman–Crippen MR) is 82.6 cm³/mol. The number of benzene rings is 1. The number of nitrogens with zero attached hydrogens (tertiary/aromatic N) is 1. The number of aliphatic hydroxyl groups excluding tert-OH is 1. The maximum Gasteiger partial charge on any atom is 0.119 e. The van der Waals surface area contributed by atoms with E-state index < -0.39 is 0 Å². The molecular weight excluding hydrogens is 262 g/mol. The molecule has 114 valence electrons. The lowest BCUT2D eigenvalue weighted by molar-refractivity contribution is -0.0680. The second-order valence-corrected chi connectivity index (χ2v) is 7.13. The predicted octanol–water partition coefficient (Wildman–Crippen LogP) is 2.87. The van der Waals surface area contributed by atoms with Crippen molar-refractivity contribution >= 4 is 0 Å². The van der Waals surface area contributed by atoms with E-state index in [0.29, 0.717) is 12.0 Å². The summed E-state index contributed by atoms with van der Waals surface area (Å²) in [7, 11) is 3.91. The van der Waals surface area contributed by atoms with Crippen LogP contribution >= 0.6 is 0 Å². The van der Waals surface area contributed by atoms with Crippen LogP contribution in [0.5, 0.6) is 5.75 Å². The van der Waals surface area contributed by atoms with Gasteiger partial charge in [0.05, 0.1) is 13.2 Å². The van der Waals surface area contributed by atoms with E-state index in [4.69, 9.17) is 4.74 Å². The van der Waals surface area contributed by atoms with E-state index in [-0.39, 0.29) is 11.5 Å². The van der Waals surface area contributed by atoms with Crippen LogP contribution in [-0.2, 0) is 5.41 Å². The van der Waals surface area contributed by atoms with Gasteiger partial charge in [-0.1, -0.05) is 18.9 Å². The summed E-state index contributed by atoms with van der Waals surface area (Å²) in [6.07, 6.45) is 6.02. The van der Waals surface area contributed by atoms with Crippen molar-refractivity contribution in [2.24, 2.45) is 5.92 Å². The number of methoxy groups -OCH3 is 1. The van der Waals surface area contributed by atoms with Gasteiger partial charge in [-0.05, 0) is 62.0 Å². The van der Waals surface area contributed by atoms with Gasteiger partial charge < -0.3 is 14.7 Å². The lowest BCUT2D eigenvalue weighted by atomic mass is 9.52. The number of fused-ring (bicyclic) bond motifs is 1. The maximum atomic E-state index is 11.0. The van der Waals surface area contributed by atoms with Gasteiger partial charge in [0.2, 0.25) is 0 Å².